The van der Waals surface area contributed by atoms with Gasteiger partial charge in [0.1, 0.15) is 5.82 Å². The molecule has 2 aromatic heterocycles. The second-order valence-corrected chi connectivity index (χ2v) is 8.39. The largest absolute Gasteiger partial charge is 0.370 e. The van der Waals surface area contributed by atoms with Crippen molar-refractivity contribution in [3.63, 3.8) is 0 Å². The van der Waals surface area contributed by atoms with Crippen LogP contribution in [-0.4, -0.2) is 71.5 Å². The highest BCUT2D eigenvalue weighted by atomic mass is 15.3. The molecular formula is C21H33N7. The number of piperidine rings is 1. The van der Waals surface area contributed by atoms with Crippen LogP contribution in [0.1, 0.15) is 43.8 Å². The highest BCUT2D eigenvalue weighted by Crippen LogP contribution is 2.30. The van der Waals surface area contributed by atoms with E-state index in [4.69, 9.17) is 4.98 Å². The molecule has 2 saturated heterocycles. The molecular weight excluding hydrogens is 350 g/mol. The van der Waals surface area contributed by atoms with E-state index in [1.54, 1.807) is 0 Å². The average Bonchev–Trinajstić information content (AvgIpc) is 3.40. The summed E-state index contributed by atoms with van der Waals surface area (Å²) in [5.74, 6) is 2.70. The predicted molar refractivity (Wildman–Crippen MR) is 113 cm³/mol. The maximum atomic E-state index is 4.72. The van der Waals surface area contributed by atoms with Crippen molar-refractivity contribution in [3.8, 4) is 0 Å². The van der Waals surface area contributed by atoms with E-state index in [-0.39, 0.29) is 0 Å². The Balaban J connectivity index is 1.44. The molecule has 0 bridgehead atoms. The van der Waals surface area contributed by atoms with Gasteiger partial charge in [-0.25, -0.2) is 4.98 Å². The number of anilines is 2. The molecule has 0 aliphatic carbocycles. The Morgan fingerprint density at radius 1 is 1.11 bits per heavy atom. The summed E-state index contributed by atoms with van der Waals surface area (Å²) in [4.78, 5) is 11.8. The molecule has 7 nitrogen and oxygen atoms in total. The summed E-state index contributed by atoms with van der Waals surface area (Å²) < 4.78 is 2.35. The summed E-state index contributed by atoms with van der Waals surface area (Å²) in [7, 11) is 4.26. The van der Waals surface area contributed by atoms with Gasteiger partial charge >= 0.3 is 0 Å². The van der Waals surface area contributed by atoms with Gasteiger partial charge in [-0.1, -0.05) is 0 Å². The van der Waals surface area contributed by atoms with Gasteiger partial charge in [-0.3, -0.25) is 0 Å². The third-order valence-electron chi connectivity index (χ3n) is 5.96. The zero-order valence-corrected chi connectivity index (χ0v) is 17.3. The van der Waals surface area contributed by atoms with Gasteiger partial charge in [-0.15, -0.1) is 5.10 Å². The zero-order valence-electron chi connectivity index (χ0n) is 17.3. The Morgan fingerprint density at radius 3 is 2.75 bits per heavy atom. The fourth-order valence-corrected chi connectivity index (χ4v) is 4.47. The average molecular weight is 384 g/mol. The summed E-state index contributed by atoms with van der Waals surface area (Å²) in [5.41, 5.74) is 1.22. The van der Waals surface area contributed by atoms with Crippen LogP contribution in [0.3, 0.4) is 0 Å². The van der Waals surface area contributed by atoms with E-state index in [0.717, 1.165) is 51.5 Å². The molecule has 4 heterocycles. The lowest BCUT2D eigenvalue weighted by Gasteiger charge is -2.33. The number of hydrogen-bond acceptors (Lipinski definition) is 6. The number of hydrogen-bond donors (Lipinski definition) is 0. The van der Waals surface area contributed by atoms with E-state index in [9.17, 15) is 0 Å². The Morgan fingerprint density at radius 2 is 1.93 bits per heavy atom. The van der Waals surface area contributed by atoms with Gasteiger partial charge in [-0.05, 0) is 52.7 Å². The zero-order chi connectivity index (χ0) is 19.3. The van der Waals surface area contributed by atoms with E-state index in [0.29, 0.717) is 5.92 Å². The molecule has 2 fully saturated rings. The van der Waals surface area contributed by atoms with Crippen LogP contribution >= 0.6 is 0 Å². The molecule has 152 valence electrons. The number of imidazole rings is 1. The minimum absolute atomic E-state index is 0.459. The fourth-order valence-electron chi connectivity index (χ4n) is 4.47. The molecule has 0 aromatic carbocycles. The number of rotatable bonds is 7. The van der Waals surface area contributed by atoms with Crippen LogP contribution in [0.2, 0.25) is 0 Å². The van der Waals surface area contributed by atoms with Crippen LogP contribution in [0.25, 0.3) is 0 Å². The molecule has 7 heteroatoms. The van der Waals surface area contributed by atoms with Crippen molar-refractivity contribution in [1.82, 2.24) is 24.6 Å². The van der Waals surface area contributed by atoms with Gasteiger partial charge in [-0.2, -0.15) is 5.10 Å². The van der Waals surface area contributed by atoms with Crippen molar-refractivity contribution in [2.24, 2.45) is 0 Å². The molecule has 0 spiro atoms. The highest BCUT2D eigenvalue weighted by Gasteiger charge is 2.26. The van der Waals surface area contributed by atoms with Crippen molar-refractivity contribution in [2.75, 3.05) is 56.6 Å². The monoisotopic (exact) mass is 383 g/mol. The second kappa shape index (κ2) is 8.90. The smallest absolute Gasteiger partial charge is 0.153 e. The maximum absolute atomic E-state index is 4.72. The highest BCUT2D eigenvalue weighted by molar-refractivity contribution is 5.54. The van der Waals surface area contributed by atoms with Gasteiger partial charge in [0.05, 0.1) is 11.9 Å². The summed E-state index contributed by atoms with van der Waals surface area (Å²) >= 11 is 0. The van der Waals surface area contributed by atoms with E-state index < -0.39 is 0 Å². The molecule has 0 amide bonds. The first-order valence-corrected chi connectivity index (χ1v) is 10.7. The first-order chi connectivity index (χ1) is 13.7. The Kier molecular flexibility index (Phi) is 6.10. The molecule has 4 rings (SSSR count). The van der Waals surface area contributed by atoms with Crippen molar-refractivity contribution >= 4 is 11.5 Å². The topological polar surface area (TPSA) is 53.3 Å². The predicted octanol–water partition coefficient (Wildman–Crippen LogP) is 2.61. The summed E-state index contributed by atoms with van der Waals surface area (Å²) in [6.07, 6.45) is 12.1. The molecule has 2 aromatic rings. The van der Waals surface area contributed by atoms with Gasteiger partial charge in [0.25, 0.3) is 0 Å². The third kappa shape index (κ3) is 4.46. The molecule has 1 atom stereocenters. The minimum atomic E-state index is 0.459. The Hall–Kier alpha value is -2.15. The summed E-state index contributed by atoms with van der Waals surface area (Å²) in [6, 6.07) is 2.23. The quantitative estimate of drug-likeness (QED) is 0.733. The van der Waals surface area contributed by atoms with Crippen molar-refractivity contribution in [3.05, 3.63) is 30.5 Å². The van der Waals surface area contributed by atoms with Crippen LogP contribution in [0.5, 0.6) is 0 Å². The third-order valence-corrected chi connectivity index (χ3v) is 5.96. The van der Waals surface area contributed by atoms with Gasteiger partial charge in [0, 0.05) is 57.1 Å². The van der Waals surface area contributed by atoms with Crippen molar-refractivity contribution in [2.45, 2.75) is 44.6 Å². The molecule has 2 aliphatic heterocycles. The van der Waals surface area contributed by atoms with Gasteiger partial charge in [0.2, 0.25) is 0 Å². The van der Waals surface area contributed by atoms with Gasteiger partial charge in [0.15, 0.2) is 5.82 Å². The molecule has 0 N–H and O–H groups in total. The maximum Gasteiger partial charge on any atom is 0.153 e. The SMILES string of the molecule is CN(C)CCCn1ccnc1[C@H]1CCCN(c2cc(N3CCCC3)cnn2)C1. The standard InChI is InChI=1S/C21H33N7/c1-25(2)9-6-13-27-14-8-22-21(27)18-7-5-12-28(17-18)20-15-19(16-23-24-20)26-10-3-4-11-26/h8,14-16,18H,3-7,9-13,17H2,1-2H3/t18-/m0/s1. The van der Waals surface area contributed by atoms with Gasteiger partial charge < -0.3 is 19.3 Å². The Bertz CT molecular complexity index is 751. The normalized spacial score (nSPS) is 20.3. The van der Waals surface area contributed by atoms with E-state index in [1.165, 1.54) is 37.2 Å². The fraction of sp³-hybridized carbons (Fsp3) is 0.667. The molecule has 0 saturated carbocycles. The molecule has 0 unspecified atom stereocenters. The molecule has 0 radical (unpaired) electrons. The lowest BCUT2D eigenvalue weighted by atomic mass is 9.97. The molecule has 2 aliphatic rings. The summed E-state index contributed by atoms with van der Waals surface area (Å²) in [5, 5.41) is 8.77. The lowest BCUT2D eigenvalue weighted by molar-refractivity contribution is 0.380. The summed E-state index contributed by atoms with van der Waals surface area (Å²) in [6.45, 7) is 6.44. The number of aromatic nitrogens is 4. The first-order valence-electron chi connectivity index (χ1n) is 10.7. The van der Waals surface area contributed by atoms with Crippen LogP contribution in [0.4, 0.5) is 11.5 Å². The first kappa shape index (κ1) is 19.2. The van der Waals surface area contributed by atoms with Crippen LogP contribution in [0, 0.1) is 0 Å². The van der Waals surface area contributed by atoms with E-state index in [1.807, 2.05) is 12.4 Å². The minimum Gasteiger partial charge on any atom is -0.370 e. The lowest BCUT2D eigenvalue weighted by Crippen LogP contribution is -2.36. The van der Waals surface area contributed by atoms with Crippen LogP contribution in [0.15, 0.2) is 24.7 Å². The number of nitrogens with zero attached hydrogens (tertiary/aromatic N) is 7. The second-order valence-electron chi connectivity index (χ2n) is 8.39. The van der Waals surface area contributed by atoms with Crippen LogP contribution < -0.4 is 9.80 Å². The van der Waals surface area contributed by atoms with Crippen LogP contribution in [-0.2, 0) is 6.54 Å². The van der Waals surface area contributed by atoms with Crippen molar-refractivity contribution in [1.29, 1.82) is 0 Å². The van der Waals surface area contributed by atoms with E-state index in [2.05, 4.69) is 55.8 Å². The number of aryl methyl sites for hydroxylation is 1. The molecule has 28 heavy (non-hydrogen) atoms. The van der Waals surface area contributed by atoms with Crippen molar-refractivity contribution < 1.29 is 0 Å². The Labute approximate surface area is 168 Å². The van der Waals surface area contributed by atoms with E-state index >= 15 is 0 Å².